The number of Topliss-reactive ketones (excluding diaryl/α,β-unsaturated/α-hetero) is 1. The maximum atomic E-state index is 12.8. The monoisotopic (exact) mass is 416 g/mol. The Kier molecular flexibility index (Phi) is 5.93. The van der Waals surface area contributed by atoms with Crippen LogP contribution in [0.2, 0.25) is 0 Å². The first-order valence-corrected chi connectivity index (χ1v) is 9.76. The molecule has 156 valence electrons. The van der Waals surface area contributed by atoms with Crippen molar-refractivity contribution in [1.82, 2.24) is 10.3 Å². The molecule has 4 aromatic rings. The Bertz CT molecular complexity index is 1200. The van der Waals surface area contributed by atoms with E-state index in [1.165, 1.54) is 12.3 Å². The van der Waals surface area contributed by atoms with Gasteiger partial charge in [0.15, 0.2) is 12.4 Å². The highest BCUT2D eigenvalue weighted by molar-refractivity contribution is 6.09. The number of benzene rings is 2. The zero-order valence-corrected chi connectivity index (χ0v) is 16.5. The lowest BCUT2D eigenvalue weighted by Gasteiger charge is -2.17. The summed E-state index contributed by atoms with van der Waals surface area (Å²) in [6.07, 6.45) is 3.19. The number of hydrogen-bond acceptors (Lipinski definition) is 5. The number of amides is 1. The molecule has 0 radical (unpaired) electrons. The van der Waals surface area contributed by atoms with E-state index in [0.29, 0.717) is 5.56 Å². The molecule has 0 fully saturated rings. The maximum Gasteiger partial charge on any atom is 0.329 e. The maximum absolute atomic E-state index is 12.8. The van der Waals surface area contributed by atoms with Crippen molar-refractivity contribution in [1.29, 1.82) is 0 Å². The minimum atomic E-state index is -0.976. The average molecular weight is 416 g/mol. The minimum Gasteiger partial charge on any atom is -0.459 e. The molecule has 7 heteroatoms. The highest BCUT2D eigenvalue weighted by Gasteiger charge is 2.25. The number of furan rings is 1. The molecule has 2 N–H and O–H groups in total. The van der Waals surface area contributed by atoms with Crippen LogP contribution in [0, 0.1) is 0 Å². The summed E-state index contributed by atoms with van der Waals surface area (Å²) in [6, 6.07) is 18.7. The Balaban J connectivity index is 1.45. The Morgan fingerprint density at radius 3 is 2.52 bits per heavy atom. The summed E-state index contributed by atoms with van der Waals surface area (Å²) in [4.78, 5) is 40.8. The molecule has 2 heterocycles. The number of carbonyl (C=O) groups is 3. The average Bonchev–Trinajstić information content (AvgIpc) is 3.48. The van der Waals surface area contributed by atoms with Gasteiger partial charge in [0.1, 0.15) is 6.04 Å². The number of fused-ring (bicyclic) bond motifs is 1. The molecule has 2 aromatic carbocycles. The molecule has 1 amide bonds. The van der Waals surface area contributed by atoms with Crippen LogP contribution in [-0.2, 0) is 16.0 Å². The van der Waals surface area contributed by atoms with E-state index in [2.05, 4.69) is 10.3 Å². The van der Waals surface area contributed by atoms with Gasteiger partial charge in [-0.3, -0.25) is 9.59 Å². The van der Waals surface area contributed by atoms with Gasteiger partial charge in [-0.1, -0.05) is 48.5 Å². The smallest absolute Gasteiger partial charge is 0.329 e. The normalized spacial score (nSPS) is 11.7. The van der Waals surface area contributed by atoms with Crippen molar-refractivity contribution in [3.8, 4) is 0 Å². The summed E-state index contributed by atoms with van der Waals surface area (Å²) in [7, 11) is 0. The van der Waals surface area contributed by atoms with Crippen LogP contribution in [0.4, 0.5) is 0 Å². The molecule has 1 atom stereocenters. The molecular weight excluding hydrogens is 396 g/mol. The highest BCUT2D eigenvalue weighted by Crippen LogP contribution is 2.18. The number of ketones is 1. The molecule has 0 aliphatic rings. The highest BCUT2D eigenvalue weighted by atomic mass is 16.5. The zero-order valence-electron chi connectivity index (χ0n) is 16.5. The molecule has 4 rings (SSSR count). The van der Waals surface area contributed by atoms with E-state index < -0.39 is 24.5 Å². The van der Waals surface area contributed by atoms with Crippen molar-refractivity contribution in [2.45, 2.75) is 12.5 Å². The third kappa shape index (κ3) is 4.72. The van der Waals surface area contributed by atoms with Gasteiger partial charge >= 0.3 is 5.97 Å². The SMILES string of the molecule is O=C(N[C@@H](Cc1ccccc1)C(=O)OCC(=O)c1c[nH]c2ccccc12)c1ccco1. The van der Waals surface area contributed by atoms with Gasteiger partial charge in [0.05, 0.1) is 6.26 Å². The number of ether oxygens (including phenoxy) is 1. The largest absolute Gasteiger partial charge is 0.459 e. The van der Waals surface area contributed by atoms with Crippen LogP contribution in [0.5, 0.6) is 0 Å². The van der Waals surface area contributed by atoms with Crippen LogP contribution in [0.3, 0.4) is 0 Å². The fraction of sp³-hybridized carbons (Fsp3) is 0.125. The molecule has 0 saturated carbocycles. The van der Waals surface area contributed by atoms with E-state index in [1.807, 2.05) is 54.6 Å². The standard InChI is InChI=1S/C24H20N2O5/c27-21(18-14-25-19-10-5-4-9-17(18)19)15-31-24(29)20(13-16-7-2-1-3-8-16)26-23(28)22-11-6-12-30-22/h1-12,14,20,25H,13,15H2,(H,26,28)/t20-/m0/s1. The summed E-state index contributed by atoms with van der Waals surface area (Å²) in [6.45, 7) is -0.428. The predicted octanol–water partition coefficient (Wildman–Crippen LogP) is 3.53. The third-order valence-corrected chi connectivity index (χ3v) is 4.85. The van der Waals surface area contributed by atoms with Crippen LogP contribution in [-0.4, -0.2) is 35.3 Å². The van der Waals surface area contributed by atoms with Crippen molar-refractivity contribution < 1.29 is 23.5 Å². The molecule has 31 heavy (non-hydrogen) atoms. The number of esters is 1. The number of aromatic nitrogens is 1. The van der Waals surface area contributed by atoms with Crippen LogP contribution < -0.4 is 5.32 Å². The molecule has 7 nitrogen and oxygen atoms in total. The number of carbonyl (C=O) groups excluding carboxylic acids is 3. The van der Waals surface area contributed by atoms with Crippen molar-refractivity contribution >= 4 is 28.6 Å². The van der Waals surface area contributed by atoms with Crippen LogP contribution >= 0.6 is 0 Å². The van der Waals surface area contributed by atoms with E-state index in [0.717, 1.165) is 16.5 Å². The topological polar surface area (TPSA) is 101 Å². The summed E-state index contributed by atoms with van der Waals surface area (Å²) < 4.78 is 10.4. The summed E-state index contributed by atoms with van der Waals surface area (Å²) in [5.41, 5.74) is 2.11. The summed E-state index contributed by atoms with van der Waals surface area (Å²) in [5.74, 6) is -1.48. The van der Waals surface area contributed by atoms with Gasteiger partial charge in [0, 0.05) is 29.1 Å². The Morgan fingerprint density at radius 1 is 0.968 bits per heavy atom. The fourth-order valence-electron chi connectivity index (χ4n) is 3.30. The molecule has 0 unspecified atom stereocenters. The van der Waals surface area contributed by atoms with Crippen molar-refractivity contribution in [2.24, 2.45) is 0 Å². The molecular formula is C24H20N2O5. The van der Waals surface area contributed by atoms with Gasteiger partial charge in [-0.15, -0.1) is 0 Å². The summed E-state index contributed by atoms with van der Waals surface area (Å²) >= 11 is 0. The lowest BCUT2D eigenvalue weighted by molar-refractivity contribution is -0.144. The molecule has 0 saturated heterocycles. The number of para-hydroxylation sites is 1. The van der Waals surface area contributed by atoms with E-state index in [1.54, 1.807) is 12.3 Å². The van der Waals surface area contributed by atoms with E-state index in [-0.39, 0.29) is 18.0 Å². The fourth-order valence-corrected chi connectivity index (χ4v) is 3.30. The zero-order chi connectivity index (χ0) is 21.6. The van der Waals surface area contributed by atoms with Gasteiger partial charge in [-0.2, -0.15) is 0 Å². The summed E-state index contributed by atoms with van der Waals surface area (Å²) in [5, 5.41) is 3.39. The Labute approximate surface area is 178 Å². The van der Waals surface area contributed by atoms with Crippen LogP contribution in [0.1, 0.15) is 26.5 Å². The molecule has 0 aliphatic carbocycles. The van der Waals surface area contributed by atoms with Gasteiger partial charge in [0.2, 0.25) is 5.78 Å². The number of nitrogens with one attached hydrogen (secondary N) is 2. The quantitative estimate of drug-likeness (QED) is 0.338. The number of hydrogen-bond donors (Lipinski definition) is 2. The second-order valence-electron chi connectivity index (χ2n) is 6.97. The molecule has 0 aliphatic heterocycles. The van der Waals surface area contributed by atoms with Crippen LogP contribution in [0.15, 0.2) is 83.6 Å². The number of aromatic amines is 1. The number of rotatable bonds is 8. The second kappa shape index (κ2) is 9.13. The number of H-pyrrole nitrogens is 1. The Hall–Kier alpha value is -4.13. The van der Waals surface area contributed by atoms with Crippen LogP contribution in [0.25, 0.3) is 10.9 Å². The van der Waals surface area contributed by atoms with Gasteiger partial charge in [-0.05, 0) is 23.8 Å². The van der Waals surface area contributed by atoms with Gasteiger partial charge in [0.25, 0.3) is 5.91 Å². The molecule has 0 bridgehead atoms. The first-order chi connectivity index (χ1) is 15.1. The van der Waals surface area contributed by atoms with E-state index in [4.69, 9.17) is 9.15 Å². The van der Waals surface area contributed by atoms with Crippen molar-refractivity contribution in [3.05, 3.63) is 96.1 Å². The first kappa shape index (κ1) is 20.2. The van der Waals surface area contributed by atoms with E-state index >= 15 is 0 Å². The predicted molar refractivity (Wildman–Crippen MR) is 114 cm³/mol. The van der Waals surface area contributed by atoms with Gasteiger partial charge < -0.3 is 19.5 Å². The minimum absolute atomic E-state index is 0.0840. The lowest BCUT2D eigenvalue weighted by atomic mass is 10.1. The first-order valence-electron chi connectivity index (χ1n) is 9.76. The van der Waals surface area contributed by atoms with Crippen molar-refractivity contribution in [2.75, 3.05) is 6.61 Å². The Morgan fingerprint density at radius 2 is 1.74 bits per heavy atom. The van der Waals surface area contributed by atoms with E-state index in [9.17, 15) is 14.4 Å². The van der Waals surface area contributed by atoms with Crippen molar-refractivity contribution in [3.63, 3.8) is 0 Å². The molecule has 0 spiro atoms. The van der Waals surface area contributed by atoms with Gasteiger partial charge in [-0.25, -0.2) is 4.79 Å². The second-order valence-corrected chi connectivity index (χ2v) is 6.97. The lowest BCUT2D eigenvalue weighted by Crippen LogP contribution is -2.43. The third-order valence-electron chi connectivity index (χ3n) is 4.85. The molecule has 2 aromatic heterocycles.